The van der Waals surface area contributed by atoms with Gasteiger partial charge in [0.1, 0.15) is 10.3 Å². The van der Waals surface area contributed by atoms with Crippen LogP contribution in [0.4, 0.5) is 13.2 Å². The van der Waals surface area contributed by atoms with Crippen LogP contribution in [0.5, 0.6) is 0 Å². The lowest BCUT2D eigenvalue weighted by molar-refractivity contribution is -0.137. The van der Waals surface area contributed by atoms with Crippen LogP contribution in [0.3, 0.4) is 0 Å². The predicted molar refractivity (Wildman–Crippen MR) is 71.7 cm³/mol. The third-order valence-electron chi connectivity index (χ3n) is 2.65. The number of hydrogen-bond donors (Lipinski definition) is 1. The molecule has 0 atom stereocenters. The molecule has 0 bridgehead atoms. The van der Waals surface area contributed by atoms with Gasteiger partial charge in [0.15, 0.2) is 0 Å². The molecule has 21 heavy (non-hydrogen) atoms. The molecule has 1 N–H and O–H groups in total. The standard InChI is InChI=1S/C13H6Cl2F3NO2/c14-10-3-6(4-11(15)19-10)9-5-7(13(16,17)18)1-2-8(9)12(20)21/h1-5H,(H,20,21). The summed E-state index contributed by atoms with van der Waals surface area (Å²) in [6.07, 6.45) is -4.59. The summed E-state index contributed by atoms with van der Waals surface area (Å²) in [5.74, 6) is -1.36. The average molecular weight is 336 g/mol. The van der Waals surface area contributed by atoms with Gasteiger partial charge in [0.25, 0.3) is 0 Å². The molecule has 0 radical (unpaired) electrons. The molecule has 110 valence electrons. The molecule has 0 spiro atoms. The minimum absolute atomic E-state index is 0.0498. The number of aromatic nitrogens is 1. The van der Waals surface area contributed by atoms with Crippen molar-refractivity contribution < 1.29 is 23.1 Å². The Hall–Kier alpha value is -1.79. The van der Waals surface area contributed by atoms with E-state index in [1.54, 1.807) is 0 Å². The Morgan fingerprint density at radius 1 is 1.10 bits per heavy atom. The Kier molecular flexibility index (Phi) is 4.11. The summed E-state index contributed by atoms with van der Waals surface area (Å²) in [7, 11) is 0. The normalized spacial score (nSPS) is 11.5. The maximum atomic E-state index is 12.8. The summed E-state index contributed by atoms with van der Waals surface area (Å²) >= 11 is 11.4. The molecule has 0 fully saturated rings. The molecule has 1 aromatic heterocycles. The largest absolute Gasteiger partial charge is 0.478 e. The van der Waals surface area contributed by atoms with Crippen molar-refractivity contribution in [3.05, 3.63) is 51.8 Å². The number of carboxylic acids is 1. The van der Waals surface area contributed by atoms with Gasteiger partial charge in [0, 0.05) is 0 Å². The fourth-order valence-corrected chi connectivity index (χ4v) is 2.23. The molecule has 2 aromatic rings. The second-order valence-corrected chi connectivity index (χ2v) is 4.84. The van der Waals surface area contributed by atoms with Crippen LogP contribution >= 0.6 is 23.2 Å². The van der Waals surface area contributed by atoms with Gasteiger partial charge in [-0.25, -0.2) is 9.78 Å². The van der Waals surface area contributed by atoms with Crippen LogP contribution in [0.2, 0.25) is 10.3 Å². The molecular weight excluding hydrogens is 330 g/mol. The second kappa shape index (κ2) is 5.54. The van der Waals surface area contributed by atoms with Crippen molar-refractivity contribution >= 4 is 29.2 Å². The highest BCUT2D eigenvalue weighted by Gasteiger charge is 2.31. The number of rotatable bonds is 2. The number of nitrogens with zero attached hydrogens (tertiary/aromatic N) is 1. The van der Waals surface area contributed by atoms with E-state index in [-0.39, 0.29) is 27.0 Å². The SMILES string of the molecule is O=C(O)c1ccc(C(F)(F)F)cc1-c1cc(Cl)nc(Cl)c1. The van der Waals surface area contributed by atoms with Gasteiger partial charge in [-0.1, -0.05) is 23.2 Å². The summed E-state index contributed by atoms with van der Waals surface area (Å²) in [6, 6.07) is 4.83. The van der Waals surface area contributed by atoms with Gasteiger partial charge in [0.05, 0.1) is 11.1 Å². The zero-order valence-electron chi connectivity index (χ0n) is 10.1. The molecule has 0 amide bonds. The molecule has 8 heteroatoms. The van der Waals surface area contributed by atoms with E-state index in [0.29, 0.717) is 6.07 Å². The molecule has 0 saturated heterocycles. The van der Waals surface area contributed by atoms with Crippen LogP contribution in [-0.4, -0.2) is 16.1 Å². The third kappa shape index (κ3) is 3.46. The number of halogens is 5. The number of pyridine rings is 1. The third-order valence-corrected chi connectivity index (χ3v) is 3.04. The van der Waals surface area contributed by atoms with Crippen LogP contribution in [0, 0.1) is 0 Å². The lowest BCUT2D eigenvalue weighted by Crippen LogP contribution is -2.08. The first kappa shape index (κ1) is 15.6. The van der Waals surface area contributed by atoms with E-state index in [0.717, 1.165) is 12.1 Å². The minimum atomic E-state index is -4.59. The summed E-state index contributed by atoms with van der Waals surface area (Å²) < 4.78 is 38.3. The van der Waals surface area contributed by atoms with Crippen LogP contribution in [-0.2, 0) is 6.18 Å². The maximum absolute atomic E-state index is 12.8. The molecular formula is C13H6Cl2F3NO2. The van der Waals surface area contributed by atoms with Crippen molar-refractivity contribution in [1.82, 2.24) is 4.98 Å². The van der Waals surface area contributed by atoms with E-state index in [1.165, 1.54) is 12.1 Å². The Bertz CT molecular complexity index is 697. The number of alkyl halides is 3. The van der Waals surface area contributed by atoms with Gasteiger partial charge >= 0.3 is 12.1 Å². The maximum Gasteiger partial charge on any atom is 0.416 e. The number of carbonyl (C=O) groups is 1. The van der Waals surface area contributed by atoms with Crippen molar-refractivity contribution in [2.75, 3.05) is 0 Å². The Labute approximate surface area is 126 Å². The highest BCUT2D eigenvalue weighted by atomic mass is 35.5. The quantitative estimate of drug-likeness (QED) is 0.804. The van der Waals surface area contributed by atoms with Gasteiger partial charge in [-0.05, 0) is 41.5 Å². The highest BCUT2D eigenvalue weighted by Crippen LogP contribution is 2.35. The van der Waals surface area contributed by atoms with Gasteiger partial charge < -0.3 is 5.11 Å². The molecule has 1 heterocycles. The van der Waals surface area contributed by atoms with Crippen molar-refractivity contribution in [1.29, 1.82) is 0 Å². The van der Waals surface area contributed by atoms with Crippen molar-refractivity contribution in [3.63, 3.8) is 0 Å². The molecule has 0 aliphatic rings. The fourth-order valence-electron chi connectivity index (χ4n) is 1.77. The van der Waals surface area contributed by atoms with Crippen LogP contribution < -0.4 is 0 Å². The van der Waals surface area contributed by atoms with E-state index >= 15 is 0 Å². The first-order chi connectivity index (χ1) is 9.68. The van der Waals surface area contributed by atoms with Gasteiger partial charge in [-0.15, -0.1) is 0 Å². The number of benzene rings is 1. The van der Waals surface area contributed by atoms with E-state index in [2.05, 4.69) is 4.98 Å². The highest BCUT2D eigenvalue weighted by molar-refractivity contribution is 6.32. The van der Waals surface area contributed by atoms with E-state index in [4.69, 9.17) is 28.3 Å². The summed E-state index contributed by atoms with van der Waals surface area (Å²) in [4.78, 5) is 14.8. The van der Waals surface area contributed by atoms with Crippen molar-refractivity contribution in [2.45, 2.75) is 6.18 Å². The monoisotopic (exact) mass is 335 g/mol. The van der Waals surface area contributed by atoms with E-state index in [9.17, 15) is 18.0 Å². The van der Waals surface area contributed by atoms with Crippen molar-refractivity contribution in [3.8, 4) is 11.1 Å². The van der Waals surface area contributed by atoms with E-state index < -0.39 is 17.7 Å². The number of carboxylic acid groups (broad SMARTS) is 1. The average Bonchev–Trinajstić information content (AvgIpc) is 2.35. The van der Waals surface area contributed by atoms with Gasteiger partial charge in [0.2, 0.25) is 0 Å². The summed E-state index contributed by atoms with van der Waals surface area (Å²) in [6.45, 7) is 0. The van der Waals surface area contributed by atoms with Crippen molar-refractivity contribution in [2.24, 2.45) is 0 Å². The van der Waals surface area contributed by atoms with Gasteiger partial charge in [-0.2, -0.15) is 13.2 Å². The Balaban J connectivity index is 2.71. The molecule has 0 saturated carbocycles. The Morgan fingerprint density at radius 3 is 2.14 bits per heavy atom. The lowest BCUT2D eigenvalue weighted by Gasteiger charge is -2.12. The first-order valence-corrected chi connectivity index (χ1v) is 6.22. The smallest absolute Gasteiger partial charge is 0.416 e. The number of hydrogen-bond acceptors (Lipinski definition) is 2. The fraction of sp³-hybridized carbons (Fsp3) is 0.0769. The minimum Gasteiger partial charge on any atom is -0.478 e. The zero-order valence-corrected chi connectivity index (χ0v) is 11.6. The van der Waals surface area contributed by atoms with Crippen LogP contribution in [0.15, 0.2) is 30.3 Å². The zero-order chi connectivity index (χ0) is 15.8. The Morgan fingerprint density at radius 2 is 1.67 bits per heavy atom. The molecule has 0 aliphatic heterocycles. The van der Waals surface area contributed by atoms with Crippen LogP contribution in [0.25, 0.3) is 11.1 Å². The topological polar surface area (TPSA) is 50.2 Å². The lowest BCUT2D eigenvalue weighted by atomic mass is 9.98. The molecule has 2 rings (SSSR count). The molecule has 3 nitrogen and oxygen atoms in total. The predicted octanol–water partition coefficient (Wildman–Crippen LogP) is 4.77. The molecule has 0 aliphatic carbocycles. The van der Waals surface area contributed by atoms with Crippen LogP contribution in [0.1, 0.15) is 15.9 Å². The summed E-state index contributed by atoms with van der Waals surface area (Å²) in [5.41, 5.74) is -1.25. The number of aromatic carboxylic acids is 1. The molecule has 0 unspecified atom stereocenters. The second-order valence-electron chi connectivity index (χ2n) is 4.06. The van der Waals surface area contributed by atoms with E-state index in [1.807, 2.05) is 0 Å². The first-order valence-electron chi connectivity index (χ1n) is 5.46. The summed E-state index contributed by atoms with van der Waals surface area (Å²) in [5, 5.41) is 9.00. The molecule has 1 aromatic carbocycles. The van der Waals surface area contributed by atoms with Gasteiger partial charge in [-0.3, -0.25) is 0 Å².